The van der Waals surface area contributed by atoms with E-state index in [-0.39, 0.29) is 22.8 Å². The third-order valence-corrected chi connectivity index (χ3v) is 3.01. The molecule has 1 aromatic heterocycles. The number of benzene rings is 1. The fraction of sp³-hybridized carbons (Fsp3) is 0.200. The van der Waals surface area contributed by atoms with Crippen LogP contribution < -0.4 is 4.74 Å². The van der Waals surface area contributed by atoms with Crippen molar-refractivity contribution in [3.8, 4) is 11.6 Å². The van der Waals surface area contributed by atoms with Gasteiger partial charge in [0.2, 0.25) is 0 Å². The summed E-state index contributed by atoms with van der Waals surface area (Å²) in [6, 6.07) is 4.80. The van der Waals surface area contributed by atoms with Crippen LogP contribution in [-0.4, -0.2) is 35.7 Å². The van der Waals surface area contributed by atoms with Crippen LogP contribution in [0.2, 0.25) is 0 Å². The highest BCUT2D eigenvalue weighted by molar-refractivity contribution is 6.02. The number of aromatic amines is 1. The summed E-state index contributed by atoms with van der Waals surface area (Å²) >= 11 is 0. The van der Waals surface area contributed by atoms with Gasteiger partial charge < -0.3 is 19.6 Å². The van der Waals surface area contributed by atoms with Crippen LogP contribution in [-0.2, 0) is 4.74 Å². The molecular formula is C15H13F3N2O4. The first kappa shape index (κ1) is 17.4. The molecule has 6 nitrogen and oxygen atoms in total. The third kappa shape index (κ3) is 4.06. The predicted molar refractivity (Wildman–Crippen MR) is 78.9 cm³/mol. The van der Waals surface area contributed by atoms with Crippen molar-refractivity contribution in [1.82, 2.24) is 4.98 Å². The van der Waals surface area contributed by atoms with Crippen LogP contribution in [0.1, 0.15) is 21.6 Å². The van der Waals surface area contributed by atoms with Gasteiger partial charge in [-0.1, -0.05) is 0 Å². The Morgan fingerprint density at radius 1 is 1.29 bits per heavy atom. The van der Waals surface area contributed by atoms with Crippen molar-refractivity contribution in [2.75, 3.05) is 7.11 Å². The molecule has 1 heterocycles. The number of carbonyl (C=O) groups is 1. The van der Waals surface area contributed by atoms with Gasteiger partial charge in [0.25, 0.3) is 0 Å². The number of aromatic hydroxyl groups is 1. The monoisotopic (exact) mass is 342 g/mol. The van der Waals surface area contributed by atoms with Gasteiger partial charge in [-0.05, 0) is 31.2 Å². The molecule has 0 aliphatic heterocycles. The molecule has 1 aromatic carbocycles. The molecule has 0 amide bonds. The van der Waals surface area contributed by atoms with E-state index in [0.29, 0.717) is 11.4 Å². The molecule has 9 heteroatoms. The summed E-state index contributed by atoms with van der Waals surface area (Å²) in [5, 5.41) is 9.81. The van der Waals surface area contributed by atoms with Crippen LogP contribution in [0.15, 0.2) is 29.3 Å². The normalized spacial score (nSPS) is 11.7. The molecule has 2 rings (SSSR count). The summed E-state index contributed by atoms with van der Waals surface area (Å²) in [4.78, 5) is 18.3. The summed E-state index contributed by atoms with van der Waals surface area (Å²) in [5.41, 5.74) is 0.944. The van der Waals surface area contributed by atoms with Crippen LogP contribution in [0, 0.1) is 6.92 Å². The van der Waals surface area contributed by atoms with Crippen LogP contribution in [0.4, 0.5) is 18.9 Å². The Morgan fingerprint density at radius 2 is 1.92 bits per heavy atom. The lowest BCUT2D eigenvalue weighted by Gasteiger charge is -2.08. The second-order valence-corrected chi connectivity index (χ2v) is 4.68. The zero-order chi connectivity index (χ0) is 17.9. The molecule has 2 N–H and O–H groups in total. The predicted octanol–water partition coefficient (Wildman–Crippen LogP) is 3.46. The van der Waals surface area contributed by atoms with E-state index in [1.807, 2.05) is 0 Å². The number of nitrogens with zero attached hydrogens (tertiary/aromatic N) is 1. The molecule has 128 valence electrons. The van der Waals surface area contributed by atoms with Crippen molar-refractivity contribution in [2.45, 2.75) is 13.3 Å². The SMILES string of the molecule is COC(=O)c1c(C)[nH]c(O)c1C=Nc1ccc(OC(F)(F)F)cc1. The molecule has 0 aliphatic carbocycles. The number of hydrogen-bond acceptors (Lipinski definition) is 5. The number of nitrogens with one attached hydrogen (secondary N) is 1. The Hall–Kier alpha value is -2.97. The minimum atomic E-state index is -4.77. The molecule has 0 radical (unpaired) electrons. The number of esters is 1. The number of methoxy groups -OCH3 is 1. The van der Waals surface area contributed by atoms with Crippen LogP contribution in [0.5, 0.6) is 11.6 Å². The first-order chi connectivity index (χ1) is 11.2. The van der Waals surface area contributed by atoms with Gasteiger partial charge in [-0.15, -0.1) is 13.2 Å². The maximum Gasteiger partial charge on any atom is 0.573 e. The van der Waals surface area contributed by atoms with E-state index in [4.69, 9.17) is 0 Å². The van der Waals surface area contributed by atoms with E-state index in [2.05, 4.69) is 19.5 Å². The first-order valence-corrected chi connectivity index (χ1v) is 6.61. The number of carbonyl (C=O) groups excluding carboxylic acids is 1. The number of alkyl halides is 3. The Morgan fingerprint density at radius 3 is 2.46 bits per heavy atom. The number of aliphatic imine (C=N–C) groups is 1. The third-order valence-electron chi connectivity index (χ3n) is 3.01. The van der Waals surface area contributed by atoms with Crippen molar-refractivity contribution in [3.63, 3.8) is 0 Å². The van der Waals surface area contributed by atoms with E-state index in [0.717, 1.165) is 12.1 Å². The summed E-state index contributed by atoms with van der Waals surface area (Å²) in [7, 11) is 1.20. The number of aromatic nitrogens is 1. The lowest BCUT2D eigenvalue weighted by atomic mass is 10.1. The summed E-state index contributed by atoms with van der Waals surface area (Å²) in [5.74, 6) is -1.30. The maximum absolute atomic E-state index is 12.1. The van der Waals surface area contributed by atoms with Crippen molar-refractivity contribution < 1.29 is 32.5 Å². The Bertz CT molecular complexity index is 764. The quantitative estimate of drug-likeness (QED) is 0.658. The van der Waals surface area contributed by atoms with E-state index in [9.17, 15) is 23.1 Å². The minimum Gasteiger partial charge on any atom is -0.494 e. The number of H-pyrrole nitrogens is 1. The van der Waals surface area contributed by atoms with Gasteiger partial charge in [0.15, 0.2) is 5.88 Å². The van der Waals surface area contributed by atoms with E-state index < -0.39 is 12.3 Å². The molecule has 0 bridgehead atoms. The van der Waals surface area contributed by atoms with Gasteiger partial charge >= 0.3 is 12.3 Å². The van der Waals surface area contributed by atoms with Gasteiger partial charge in [0, 0.05) is 11.9 Å². The van der Waals surface area contributed by atoms with Gasteiger partial charge in [-0.2, -0.15) is 0 Å². The van der Waals surface area contributed by atoms with Crippen LogP contribution in [0.3, 0.4) is 0 Å². The highest BCUT2D eigenvalue weighted by Crippen LogP contribution is 2.26. The van der Waals surface area contributed by atoms with E-state index in [1.54, 1.807) is 6.92 Å². The highest BCUT2D eigenvalue weighted by Gasteiger charge is 2.30. The van der Waals surface area contributed by atoms with Crippen molar-refractivity contribution in [1.29, 1.82) is 0 Å². The van der Waals surface area contributed by atoms with E-state index >= 15 is 0 Å². The van der Waals surface area contributed by atoms with Gasteiger partial charge in [-0.3, -0.25) is 4.99 Å². The smallest absolute Gasteiger partial charge is 0.494 e. The minimum absolute atomic E-state index is 0.120. The molecule has 0 fully saturated rings. The second-order valence-electron chi connectivity index (χ2n) is 4.68. The second kappa shape index (κ2) is 6.65. The van der Waals surface area contributed by atoms with Gasteiger partial charge in [-0.25, -0.2) is 4.79 Å². The van der Waals surface area contributed by atoms with Crippen molar-refractivity contribution in [2.24, 2.45) is 4.99 Å². The maximum atomic E-state index is 12.1. The molecule has 0 atom stereocenters. The number of halogens is 3. The summed E-state index contributed by atoms with van der Waals surface area (Å²) < 4.78 is 44.6. The number of aryl methyl sites for hydroxylation is 1. The summed E-state index contributed by atoms with van der Waals surface area (Å²) in [6.07, 6.45) is -3.56. The molecule has 0 saturated carbocycles. The van der Waals surface area contributed by atoms with E-state index in [1.165, 1.54) is 25.5 Å². The first-order valence-electron chi connectivity index (χ1n) is 6.61. The number of ether oxygens (including phenoxy) is 2. The zero-order valence-corrected chi connectivity index (χ0v) is 12.6. The number of hydrogen-bond donors (Lipinski definition) is 2. The fourth-order valence-corrected chi connectivity index (χ4v) is 1.99. The molecule has 0 saturated heterocycles. The Labute approximate surface area is 134 Å². The Kier molecular flexibility index (Phi) is 4.82. The fourth-order valence-electron chi connectivity index (χ4n) is 1.99. The zero-order valence-electron chi connectivity index (χ0n) is 12.6. The van der Waals surface area contributed by atoms with Crippen LogP contribution >= 0.6 is 0 Å². The molecule has 0 unspecified atom stereocenters. The largest absolute Gasteiger partial charge is 0.573 e. The molecule has 2 aromatic rings. The van der Waals surface area contributed by atoms with Crippen LogP contribution in [0.25, 0.3) is 0 Å². The average molecular weight is 342 g/mol. The molecule has 24 heavy (non-hydrogen) atoms. The molecular weight excluding hydrogens is 329 g/mol. The average Bonchev–Trinajstić information content (AvgIpc) is 2.78. The number of rotatable bonds is 4. The highest BCUT2D eigenvalue weighted by atomic mass is 19.4. The molecule has 0 aliphatic rings. The van der Waals surface area contributed by atoms with Gasteiger partial charge in [0.05, 0.1) is 23.9 Å². The summed E-state index contributed by atoms with van der Waals surface area (Å²) in [6.45, 7) is 1.58. The van der Waals surface area contributed by atoms with Gasteiger partial charge in [0.1, 0.15) is 5.75 Å². The standard InChI is InChI=1S/C15H13F3N2O4/c1-8-12(14(22)23-2)11(13(21)20-8)7-19-9-3-5-10(6-4-9)24-15(16,17)18/h3-7,20-21H,1-2H3. The lowest BCUT2D eigenvalue weighted by Crippen LogP contribution is -2.16. The Balaban J connectivity index is 2.24. The van der Waals surface area contributed by atoms with Crippen molar-refractivity contribution in [3.05, 3.63) is 41.1 Å². The molecule has 0 spiro atoms. The lowest BCUT2D eigenvalue weighted by molar-refractivity contribution is -0.274. The topological polar surface area (TPSA) is 83.9 Å². The van der Waals surface area contributed by atoms with Crippen molar-refractivity contribution >= 4 is 17.9 Å².